The second-order valence-electron chi connectivity index (χ2n) is 5.54. The zero-order valence-corrected chi connectivity index (χ0v) is 9.74. The molecule has 0 aromatic rings. The molecule has 90 valence electrons. The zero-order valence-electron chi connectivity index (χ0n) is 9.74. The summed E-state index contributed by atoms with van der Waals surface area (Å²) in [6.07, 6.45) is 6.56. The number of carbonyl (C=O) groups is 1. The Morgan fingerprint density at radius 3 is 2.50 bits per heavy atom. The Morgan fingerprint density at radius 1 is 1.31 bits per heavy atom. The van der Waals surface area contributed by atoms with Crippen molar-refractivity contribution < 1.29 is 14.6 Å². The summed E-state index contributed by atoms with van der Waals surface area (Å²) in [7, 11) is 0. The second kappa shape index (κ2) is 3.13. The van der Waals surface area contributed by atoms with Gasteiger partial charge in [0.2, 0.25) is 0 Å². The van der Waals surface area contributed by atoms with Gasteiger partial charge < -0.3 is 9.84 Å². The highest BCUT2D eigenvalue weighted by molar-refractivity contribution is 5.73. The highest BCUT2D eigenvalue weighted by Gasteiger charge is 2.64. The molecule has 0 aromatic carbocycles. The number of hydrogen-bond acceptors (Lipinski definition) is 3. The monoisotopic (exact) mass is 225 g/mol. The number of amides is 1. The molecule has 16 heavy (non-hydrogen) atoms. The van der Waals surface area contributed by atoms with E-state index in [1.807, 2.05) is 0 Å². The molecule has 3 aliphatic rings. The van der Waals surface area contributed by atoms with Gasteiger partial charge in [0.25, 0.3) is 0 Å². The summed E-state index contributed by atoms with van der Waals surface area (Å²) in [6, 6.07) is 0.212. The molecule has 4 nitrogen and oxygen atoms in total. The fourth-order valence-electron chi connectivity index (χ4n) is 3.25. The molecule has 0 aromatic heterocycles. The summed E-state index contributed by atoms with van der Waals surface area (Å²) < 4.78 is 5.56. The lowest BCUT2D eigenvalue weighted by Crippen LogP contribution is -2.57. The Bertz CT molecular complexity index is 316. The molecular formula is C12H19NO3. The van der Waals surface area contributed by atoms with Crippen molar-refractivity contribution in [2.24, 2.45) is 0 Å². The smallest absolute Gasteiger partial charge is 0.413 e. The van der Waals surface area contributed by atoms with E-state index < -0.39 is 11.3 Å². The van der Waals surface area contributed by atoms with Crippen molar-refractivity contribution in [2.45, 2.75) is 69.2 Å². The first-order valence-corrected chi connectivity index (χ1v) is 6.31. The summed E-state index contributed by atoms with van der Waals surface area (Å²) in [6.45, 7) is 1.75. The van der Waals surface area contributed by atoms with Crippen LogP contribution in [0, 0.1) is 0 Å². The lowest BCUT2D eigenvalue weighted by Gasteiger charge is -2.42. The molecule has 1 spiro atoms. The van der Waals surface area contributed by atoms with Crippen LogP contribution in [0.5, 0.6) is 0 Å². The Hall–Kier alpha value is -0.770. The average molecular weight is 225 g/mol. The van der Waals surface area contributed by atoms with Crippen molar-refractivity contribution in [1.82, 2.24) is 4.90 Å². The number of nitrogens with zero attached hydrogens (tertiary/aromatic N) is 1. The quantitative estimate of drug-likeness (QED) is 0.742. The second-order valence-corrected chi connectivity index (χ2v) is 5.54. The first kappa shape index (κ1) is 10.4. The van der Waals surface area contributed by atoms with Gasteiger partial charge in [-0.25, -0.2) is 4.79 Å². The fraction of sp³-hybridized carbons (Fsp3) is 0.917. The van der Waals surface area contributed by atoms with Crippen molar-refractivity contribution in [3.63, 3.8) is 0 Å². The van der Waals surface area contributed by atoms with Gasteiger partial charge in [0.15, 0.2) is 11.3 Å². The summed E-state index contributed by atoms with van der Waals surface area (Å²) in [5, 5.41) is 10.7. The largest absolute Gasteiger partial charge is 0.438 e. The number of rotatable bonds is 1. The third-order valence-electron chi connectivity index (χ3n) is 4.38. The van der Waals surface area contributed by atoms with Crippen LogP contribution >= 0.6 is 0 Å². The highest BCUT2D eigenvalue weighted by atomic mass is 16.6. The van der Waals surface area contributed by atoms with Crippen LogP contribution in [0.3, 0.4) is 0 Å². The molecule has 1 heterocycles. The van der Waals surface area contributed by atoms with Crippen molar-refractivity contribution in [2.75, 3.05) is 0 Å². The van der Waals surface area contributed by atoms with E-state index >= 15 is 0 Å². The van der Waals surface area contributed by atoms with Crippen LogP contribution in [0.15, 0.2) is 0 Å². The van der Waals surface area contributed by atoms with Crippen molar-refractivity contribution in [3.05, 3.63) is 0 Å². The van der Waals surface area contributed by atoms with E-state index in [4.69, 9.17) is 4.74 Å². The SMILES string of the molecule is C[C@@]1(O)N(C2CC2)C(=O)OC12CCCCC2. The molecule has 1 amide bonds. The van der Waals surface area contributed by atoms with Crippen molar-refractivity contribution >= 4 is 6.09 Å². The molecule has 1 atom stereocenters. The van der Waals surface area contributed by atoms with Gasteiger partial charge in [-0.15, -0.1) is 0 Å². The Kier molecular flexibility index (Phi) is 2.03. The summed E-state index contributed by atoms with van der Waals surface area (Å²) in [4.78, 5) is 13.5. The average Bonchev–Trinajstić information content (AvgIpc) is 3.00. The lowest BCUT2D eigenvalue weighted by atomic mass is 9.77. The van der Waals surface area contributed by atoms with Crippen LogP contribution in [0.4, 0.5) is 4.79 Å². The summed E-state index contributed by atoms with van der Waals surface area (Å²) in [5.41, 5.74) is -1.74. The normalized spacial score (nSPS) is 37.9. The van der Waals surface area contributed by atoms with E-state index in [1.54, 1.807) is 11.8 Å². The molecule has 0 unspecified atom stereocenters. The number of ether oxygens (including phenoxy) is 1. The van der Waals surface area contributed by atoms with Gasteiger partial charge in [0.1, 0.15) is 0 Å². The van der Waals surface area contributed by atoms with Crippen LogP contribution in [0.25, 0.3) is 0 Å². The fourth-order valence-corrected chi connectivity index (χ4v) is 3.25. The van der Waals surface area contributed by atoms with Crippen molar-refractivity contribution in [1.29, 1.82) is 0 Å². The third-order valence-corrected chi connectivity index (χ3v) is 4.38. The number of hydrogen-bond donors (Lipinski definition) is 1. The molecule has 0 bridgehead atoms. The van der Waals surface area contributed by atoms with E-state index in [1.165, 1.54) is 6.42 Å². The number of aliphatic hydroxyl groups is 1. The van der Waals surface area contributed by atoms with Crippen LogP contribution in [0.1, 0.15) is 51.9 Å². The predicted molar refractivity (Wildman–Crippen MR) is 57.8 cm³/mol. The summed E-state index contributed by atoms with van der Waals surface area (Å²) >= 11 is 0. The van der Waals surface area contributed by atoms with Crippen LogP contribution in [0.2, 0.25) is 0 Å². The Labute approximate surface area is 95.6 Å². The maximum Gasteiger partial charge on any atom is 0.413 e. The predicted octanol–water partition coefficient (Wildman–Crippen LogP) is 2.01. The standard InChI is InChI=1S/C12H19NO3/c1-11(15)12(7-3-2-4-8-12)16-10(14)13(11)9-5-6-9/h9,15H,2-8H2,1H3/t11-/m0/s1. The van der Waals surface area contributed by atoms with E-state index in [2.05, 4.69) is 0 Å². The van der Waals surface area contributed by atoms with Crippen LogP contribution in [-0.4, -0.2) is 33.5 Å². The highest BCUT2D eigenvalue weighted by Crippen LogP contribution is 2.50. The molecule has 1 saturated heterocycles. The van der Waals surface area contributed by atoms with Gasteiger partial charge in [-0.1, -0.05) is 6.42 Å². The molecule has 1 N–H and O–H groups in total. The van der Waals surface area contributed by atoms with E-state index in [0.717, 1.165) is 38.5 Å². The molecular weight excluding hydrogens is 206 g/mol. The number of carbonyl (C=O) groups excluding carboxylic acids is 1. The molecule has 2 saturated carbocycles. The van der Waals surface area contributed by atoms with E-state index in [9.17, 15) is 9.90 Å². The van der Waals surface area contributed by atoms with Gasteiger partial charge in [0.05, 0.1) is 0 Å². The van der Waals surface area contributed by atoms with Gasteiger partial charge in [0, 0.05) is 6.04 Å². The molecule has 3 rings (SSSR count). The zero-order chi connectivity index (χ0) is 11.4. The van der Waals surface area contributed by atoms with E-state index in [0.29, 0.717) is 0 Å². The van der Waals surface area contributed by atoms with E-state index in [-0.39, 0.29) is 12.1 Å². The Balaban J connectivity index is 1.92. The molecule has 0 radical (unpaired) electrons. The maximum absolute atomic E-state index is 11.9. The van der Waals surface area contributed by atoms with Crippen LogP contribution < -0.4 is 0 Å². The minimum absolute atomic E-state index is 0.212. The molecule has 1 aliphatic heterocycles. The maximum atomic E-state index is 11.9. The lowest BCUT2D eigenvalue weighted by molar-refractivity contribution is -0.160. The minimum atomic E-state index is -1.11. The van der Waals surface area contributed by atoms with Gasteiger partial charge in [-0.05, 0) is 45.4 Å². The van der Waals surface area contributed by atoms with Gasteiger partial charge in [-0.2, -0.15) is 0 Å². The minimum Gasteiger partial charge on any atom is -0.438 e. The first-order chi connectivity index (χ1) is 7.57. The summed E-state index contributed by atoms with van der Waals surface area (Å²) in [5.74, 6) is 0. The van der Waals surface area contributed by atoms with Crippen LogP contribution in [-0.2, 0) is 4.74 Å². The topological polar surface area (TPSA) is 49.8 Å². The van der Waals surface area contributed by atoms with Crippen molar-refractivity contribution in [3.8, 4) is 0 Å². The molecule has 2 aliphatic carbocycles. The molecule has 4 heteroatoms. The Morgan fingerprint density at radius 2 is 1.94 bits per heavy atom. The first-order valence-electron chi connectivity index (χ1n) is 6.31. The van der Waals surface area contributed by atoms with Gasteiger partial charge >= 0.3 is 6.09 Å². The molecule has 3 fully saturated rings. The van der Waals surface area contributed by atoms with Gasteiger partial charge in [-0.3, -0.25) is 4.90 Å². The third kappa shape index (κ3) is 1.22.